The molecular weight excluding hydrogens is 434 g/mol. The highest BCUT2D eigenvalue weighted by Gasteiger charge is 2.32. The van der Waals surface area contributed by atoms with E-state index in [9.17, 15) is 14.4 Å². The highest BCUT2D eigenvalue weighted by atomic mass is 16.6. The van der Waals surface area contributed by atoms with E-state index in [0.29, 0.717) is 54.3 Å². The molecule has 2 heterocycles. The van der Waals surface area contributed by atoms with Crippen molar-refractivity contribution in [2.45, 2.75) is 46.1 Å². The van der Waals surface area contributed by atoms with Gasteiger partial charge in [0.05, 0.1) is 12.2 Å². The molecule has 1 N–H and O–H groups in total. The molecule has 8 heteroatoms. The molecule has 1 aromatic carbocycles. The Balaban J connectivity index is 1.71. The number of carbonyl (C=O) groups excluding carboxylic acids is 3. The molecule has 1 aromatic heterocycles. The van der Waals surface area contributed by atoms with Crippen LogP contribution < -0.4 is 0 Å². The number of benzene rings is 1. The number of hydrogen-bond donors (Lipinski definition) is 1. The van der Waals surface area contributed by atoms with Crippen molar-refractivity contribution in [2.24, 2.45) is 0 Å². The summed E-state index contributed by atoms with van der Waals surface area (Å²) in [6, 6.07) is 9.32. The minimum Gasteiger partial charge on any atom is -0.460 e. The number of ether oxygens (including phenoxy) is 2. The Labute approximate surface area is 201 Å². The fourth-order valence-corrected chi connectivity index (χ4v) is 4.54. The number of esters is 1. The summed E-state index contributed by atoms with van der Waals surface area (Å²) in [5, 5.41) is 0. The zero-order valence-electron chi connectivity index (χ0n) is 20.6. The lowest BCUT2D eigenvalue weighted by Gasteiger charge is -2.38. The molecule has 0 unspecified atom stereocenters. The van der Waals surface area contributed by atoms with Gasteiger partial charge >= 0.3 is 5.97 Å². The van der Waals surface area contributed by atoms with Gasteiger partial charge in [0.15, 0.2) is 0 Å². The molecule has 1 aliphatic rings. The lowest BCUT2D eigenvalue weighted by molar-refractivity contribution is 0.0386. The van der Waals surface area contributed by atoms with E-state index >= 15 is 0 Å². The number of aromatic nitrogens is 1. The molecule has 0 radical (unpaired) electrons. The lowest BCUT2D eigenvalue weighted by Crippen LogP contribution is -2.49. The number of nitrogens with one attached hydrogen (secondary N) is 1. The van der Waals surface area contributed by atoms with Crippen molar-refractivity contribution in [3.8, 4) is 0 Å². The van der Waals surface area contributed by atoms with Gasteiger partial charge < -0.3 is 24.3 Å². The number of nitrogens with zero attached hydrogens (tertiary/aromatic N) is 2. The number of likely N-dealkylation sites (tertiary alicyclic amines) is 1. The number of amides is 2. The van der Waals surface area contributed by atoms with Gasteiger partial charge in [-0.1, -0.05) is 25.1 Å². The predicted molar refractivity (Wildman–Crippen MR) is 129 cm³/mol. The Morgan fingerprint density at radius 2 is 1.76 bits per heavy atom. The van der Waals surface area contributed by atoms with Crippen molar-refractivity contribution in [2.75, 3.05) is 40.0 Å². The minimum absolute atomic E-state index is 0.0277. The van der Waals surface area contributed by atoms with Crippen LogP contribution >= 0.6 is 0 Å². The second-order valence-electron chi connectivity index (χ2n) is 8.64. The molecule has 0 aliphatic carbocycles. The summed E-state index contributed by atoms with van der Waals surface area (Å²) in [6.07, 6.45) is 2.25. The third kappa shape index (κ3) is 5.67. The maximum atomic E-state index is 13.6. The number of aromatic amines is 1. The monoisotopic (exact) mass is 469 g/mol. The van der Waals surface area contributed by atoms with Gasteiger partial charge in [0, 0.05) is 44.0 Å². The second kappa shape index (κ2) is 11.8. The Morgan fingerprint density at radius 3 is 2.38 bits per heavy atom. The molecule has 1 saturated heterocycles. The van der Waals surface area contributed by atoms with E-state index in [1.165, 1.54) is 0 Å². The zero-order valence-corrected chi connectivity index (χ0v) is 20.6. The van der Waals surface area contributed by atoms with Crippen LogP contribution in [0.1, 0.15) is 68.6 Å². The standard InChI is InChI=1S/C26H35N3O5/c1-5-13-29(21-11-14-28(15-12-21)24(30)20-9-7-6-8-10-20)25(31)23-18(2)22(19(3)27-23)26(32)34-17-16-33-4/h6-10,21,27H,5,11-17H2,1-4H3. The molecule has 2 aromatic rings. The fourth-order valence-electron chi connectivity index (χ4n) is 4.54. The van der Waals surface area contributed by atoms with E-state index in [4.69, 9.17) is 9.47 Å². The smallest absolute Gasteiger partial charge is 0.340 e. The van der Waals surface area contributed by atoms with Gasteiger partial charge in [-0.05, 0) is 50.8 Å². The largest absolute Gasteiger partial charge is 0.460 e. The molecule has 1 aliphatic heterocycles. The first-order chi connectivity index (χ1) is 16.4. The number of H-pyrrole nitrogens is 1. The van der Waals surface area contributed by atoms with Crippen molar-refractivity contribution in [1.29, 1.82) is 0 Å². The first kappa shape index (κ1) is 25.5. The molecule has 0 spiro atoms. The minimum atomic E-state index is -0.461. The zero-order chi connectivity index (χ0) is 24.7. The van der Waals surface area contributed by atoms with Crippen LogP contribution in [0.3, 0.4) is 0 Å². The van der Waals surface area contributed by atoms with Crippen LogP contribution in [0.5, 0.6) is 0 Å². The number of rotatable bonds is 9. The number of piperidine rings is 1. The molecule has 184 valence electrons. The molecule has 1 fully saturated rings. The lowest BCUT2D eigenvalue weighted by atomic mass is 10.0. The third-order valence-corrected chi connectivity index (χ3v) is 6.31. The Bertz CT molecular complexity index is 993. The summed E-state index contributed by atoms with van der Waals surface area (Å²) in [5.41, 5.74) is 2.72. The van der Waals surface area contributed by atoms with E-state index in [1.807, 2.05) is 47.1 Å². The van der Waals surface area contributed by atoms with E-state index in [2.05, 4.69) is 4.98 Å². The summed E-state index contributed by atoms with van der Waals surface area (Å²) >= 11 is 0. The number of carbonyl (C=O) groups is 3. The SMILES string of the molecule is CCCN(C(=O)c1[nH]c(C)c(C(=O)OCCOC)c1C)C1CCN(C(=O)c2ccccc2)CC1. The summed E-state index contributed by atoms with van der Waals surface area (Å²) in [7, 11) is 1.54. The molecular formula is C26H35N3O5. The number of methoxy groups -OCH3 is 1. The molecule has 2 amide bonds. The maximum absolute atomic E-state index is 13.6. The average molecular weight is 470 g/mol. The van der Waals surface area contributed by atoms with E-state index < -0.39 is 5.97 Å². The highest BCUT2D eigenvalue weighted by molar-refractivity contribution is 6.00. The van der Waals surface area contributed by atoms with Crippen LogP contribution in [0.25, 0.3) is 0 Å². The van der Waals surface area contributed by atoms with Crippen LogP contribution in [0.15, 0.2) is 30.3 Å². The van der Waals surface area contributed by atoms with Crippen LogP contribution in [0.4, 0.5) is 0 Å². The van der Waals surface area contributed by atoms with Crippen molar-refractivity contribution >= 4 is 17.8 Å². The summed E-state index contributed by atoms with van der Waals surface area (Å²) < 4.78 is 10.2. The van der Waals surface area contributed by atoms with Gasteiger partial charge in [-0.2, -0.15) is 0 Å². The molecule has 0 atom stereocenters. The first-order valence-electron chi connectivity index (χ1n) is 11.9. The van der Waals surface area contributed by atoms with Crippen molar-refractivity contribution in [3.63, 3.8) is 0 Å². The van der Waals surface area contributed by atoms with Gasteiger partial charge in [-0.25, -0.2) is 4.79 Å². The van der Waals surface area contributed by atoms with Gasteiger partial charge in [0.2, 0.25) is 0 Å². The van der Waals surface area contributed by atoms with Crippen LogP contribution in [-0.4, -0.2) is 78.6 Å². The summed E-state index contributed by atoms with van der Waals surface area (Å²) in [5.74, 6) is -0.553. The molecule has 0 saturated carbocycles. The van der Waals surface area contributed by atoms with E-state index in [1.54, 1.807) is 21.0 Å². The number of hydrogen-bond acceptors (Lipinski definition) is 5. The molecule has 0 bridgehead atoms. The van der Waals surface area contributed by atoms with Gasteiger partial charge in [0.1, 0.15) is 12.3 Å². The van der Waals surface area contributed by atoms with Crippen LogP contribution in [0.2, 0.25) is 0 Å². The molecule has 34 heavy (non-hydrogen) atoms. The highest BCUT2D eigenvalue weighted by Crippen LogP contribution is 2.25. The topological polar surface area (TPSA) is 91.9 Å². The summed E-state index contributed by atoms with van der Waals surface area (Å²) in [4.78, 5) is 45.8. The quantitative estimate of drug-likeness (QED) is 0.448. The maximum Gasteiger partial charge on any atom is 0.340 e. The Morgan fingerprint density at radius 1 is 1.09 bits per heavy atom. The normalized spacial score (nSPS) is 14.2. The Hall–Kier alpha value is -3.13. The average Bonchev–Trinajstić information content (AvgIpc) is 3.16. The predicted octanol–water partition coefficient (Wildman–Crippen LogP) is 3.59. The number of aryl methyl sites for hydroxylation is 1. The van der Waals surface area contributed by atoms with Gasteiger partial charge in [0.25, 0.3) is 11.8 Å². The Kier molecular flexibility index (Phi) is 8.87. The molecule has 8 nitrogen and oxygen atoms in total. The van der Waals surface area contributed by atoms with Gasteiger partial charge in [-0.3, -0.25) is 9.59 Å². The van der Waals surface area contributed by atoms with Crippen LogP contribution in [-0.2, 0) is 9.47 Å². The van der Waals surface area contributed by atoms with Crippen LogP contribution in [0, 0.1) is 13.8 Å². The van der Waals surface area contributed by atoms with Gasteiger partial charge in [-0.15, -0.1) is 0 Å². The molecule has 3 rings (SSSR count). The van der Waals surface area contributed by atoms with Crippen molar-refractivity contribution in [1.82, 2.24) is 14.8 Å². The van der Waals surface area contributed by atoms with Crippen molar-refractivity contribution < 1.29 is 23.9 Å². The fraction of sp³-hybridized carbons (Fsp3) is 0.500. The van der Waals surface area contributed by atoms with E-state index in [0.717, 1.165) is 19.3 Å². The van der Waals surface area contributed by atoms with Crippen molar-refractivity contribution in [3.05, 3.63) is 58.4 Å². The third-order valence-electron chi connectivity index (χ3n) is 6.31. The second-order valence-corrected chi connectivity index (χ2v) is 8.64. The summed E-state index contributed by atoms with van der Waals surface area (Å²) in [6.45, 7) is 7.88. The first-order valence-corrected chi connectivity index (χ1v) is 11.9. The van der Waals surface area contributed by atoms with E-state index in [-0.39, 0.29) is 24.5 Å².